The van der Waals surface area contributed by atoms with Crippen molar-refractivity contribution in [2.45, 2.75) is 45.1 Å². The van der Waals surface area contributed by atoms with Crippen LogP contribution in [0.25, 0.3) is 0 Å². The first kappa shape index (κ1) is 17.7. The second-order valence-electron chi connectivity index (χ2n) is 6.19. The van der Waals surface area contributed by atoms with E-state index in [2.05, 4.69) is 26.1 Å². The predicted molar refractivity (Wildman–Crippen MR) is 82.5 cm³/mol. The number of benzene rings is 1. The third-order valence-electron chi connectivity index (χ3n) is 3.31. The number of aliphatic carboxylic acids is 1. The number of nitrogens with two attached hydrogens (primary N) is 1. The minimum absolute atomic E-state index is 0.0216. The first-order valence-electron chi connectivity index (χ1n) is 7.04. The van der Waals surface area contributed by atoms with Gasteiger partial charge in [0.15, 0.2) is 0 Å². The van der Waals surface area contributed by atoms with Gasteiger partial charge < -0.3 is 16.2 Å². The number of rotatable bonds is 6. The number of nitrogens with one attached hydrogen (secondary N) is 1. The van der Waals surface area contributed by atoms with Gasteiger partial charge in [-0.2, -0.15) is 0 Å². The Balaban J connectivity index is 2.77. The third-order valence-corrected chi connectivity index (χ3v) is 3.31. The van der Waals surface area contributed by atoms with Gasteiger partial charge in [-0.1, -0.05) is 32.9 Å². The molecular weight excluding hydrogens is 284 g/mol. The summed E-state index contributed by atoms with van der Waals surface area (Å²) in [4.78, 5) is 33.9. The van der Waals surface area contributed by atoms with E-state index in [4.69, 9.17) is 10.8 Å². The molecule has 6 nitrogen and oxygen atoms in total. The zero-order chi connectivity index (χ0) is 16.9. The predicted octanol–water partition coefficient (Wildman–Crippen LogP) is 1.43. The number of hydrogen-bond donors (Lipinski definition) is 3. The summed E-state index contributed by atoms with van der Waals surface area (Å²) < 4.78 is 0. The first-order chi connectivity index (χ1) is 10.1. The number of carboxylic acid groups (broad SMARTS) is 1. The Morgan fingerprint density at radius 3 is 2.14 bits per heavy atom. The van der Waals surface area contributed by atoms with Gasteiger partial charge in [0, 0.05) is 12.0 Å². The first-order valence-corrected chi connectivity index (χ1v) is 7.04. The van der Waals surface area contributed by atoms with Gasteiger partial charge in [-0.3, -0.25) is 14.4 Å². The summed E-state index contributed by atoms with van der Waals surface area (Å²) in [7, 11) is 0. The second-order valence-corrected chi connectivity index (χ2v) is 6.19. The van der Waals surface area contributed by atoms with E-state index in [-0.39, 0.29) is 18.3 Å². The van der Waals surface area contributed by atoms with Gasteiger partial charge >= 0.3 is 5.97 Å². The molecular formula is C16H22N2O4. The maximum Gasteiger partial charge on any atom is 0.303 e. The molecule has 22 heavy (non-hydrogen) atoms. The average molecular weight is 306 g/mol. The number of amides is 2. The van der Waals surface area contributed by atoms with Crippen molar-refractivity contribution >= 4 is 17.8 Å². The van der Waals surface area contributed by atoms with Crippen LogP contribution in [-0.4, -0.2) is 28.9 Å². The Labute approximate surface area is 129 Å². The van der Waals surface area contributed by atoms with Crippen molar-refractivity contribution in [3.8, 4) is 0 Å². The van der Waals surface area contributed by atoms with Crippen LogP contribution in [0.1, 0.15) is 49.5 Å². The Morgan fingerprint density at radius 1 is 1.18 bits per heavy atom. The molecule has 6 heteroatoms. The molecule has 0 aliphatic rings. The summed E-state index contributed by atoms with van der Waals surface area (Å²) in [6.45, 7) is 6.20. The molecule has 0 radical (unpaired) electrons. The third kappa shape index (κ3) is 5.20. The smallest absolute Gasteiger partial charge is 0.303 e. The van der Waals surface area contributed by atoms with E-state index in [1.54, 1.807) is 12.1 Å². The molecule has 0 heterocycles. The van der Waals surface area contributed by atoms with Crippen molar-refractivity contribution in [3.63, 3.8) is 0 Å². The van der Waals surface area contributed by atoms with E-state index in [1.807, 2.05) is 12.1 Å². The van der Waals surface area contributed by atoms with Crippen molar-refractivity contribution in [1.29, 1.82) is 0 Å². The maximum atomic E-state index is 12.1. The summed E-state index contributed by atoms with van der Waals surface area (Å²) in [5, 5.41) is 11.1. The van der Waals surface area contributed by atoms with Crippen LogP contribution in [0.4, 0.5) is 0 Å². The zero-order valence-electron chi connectivity index (χ0n) is 13.1. The zero-order valence-corrected chi connectivity index (χ0v) is 13.1. The van der Waals surface area contributed by atoms with Crippen molar-refractivity contribution < 1.29 is 19.5 Å². The molecule has 1 aromatic rings. The van der Waals surface area contributed by atoms with Crippen LogP contribution in [0.3, 0.4) is 0 Å². The van der Waals surface area contributed by atoms with Crippen molar-refractivity contribution in [1.82, 2.24) is 5.32 Å². The Bertz CT molecular complexity index is 559. The Morgan fingerprint density at radius 2 is 1.73 bits per heavy atom. The van der Waals surface area contributed by atoms with Gasteiger partial charge in [0.25, 0.3) is 5.91 Å². The molecule has 0 aromatic heterocycles. The molecule has 0 saturated carbocycles. The van der Waals surface area contributed by atoms with Crippen molar-refractivity contribution in [2.24, 2.45) is 5.73 Å². The lowest BCUT2D eigenvalue weighted by Gasteiger charge is -2.19. The fourth-order valence-corrected chi connectivity index (χ4v) is 1.92. The van der Waals surface area contributed by atoms with Crippen LogP contribution in [0.5, 0.6) is 0 Å². The van der Waals surface area contributed by atoms with Crippen LogP contribution in [-0.2, 0) is 15.0 Å². The highest BCUT2D eigenvalue weighted by Crippen LogP contribution is 2.22. The molecule has 1 atom stereocenters. The molecule has 1 rings (SSSR count). The minimum Gasteiger partial charge on any atom is -0.481 e. The van der Waals surface area contributed by atoms with E-state index >= 15 is 0 Å². The van der Waals surface area contributed by atoms with E-state index in [0.29, 0.717) is 5.56 Å². The average Bonchev–Trinajstić information content (AvgIpc) is 2.41. The number of hydrogen-bond acceptors (Lipinski definition) is 3. The van der Waals surface area contributed by atoms with Crippen molar-refractivity contribution in [2.75, 3.05) is 0 Å². The molecule has 0 bridgehead atoms. The van der Waals surface area contributed by atoms with Gasteiger partial charge in [-0.25, -0.2) is 0 Å². The van der Waals surface area contributed by atoms with Gasteiger partial charge in [0.1, 0.15) is 6.04 Å². The van der Waals surface area contributed by atoms with Crippen LogP contribution in [0.15, 0.2) is 24.3 Å². The largest absolute Gasteiger partial charge is 0.481 e. The summed E-state index contributed by atoms with van der Waals surface area (Å²) in [5.74, 6) is -2.24. The number of carbonyl (C=O) groups excluding carboxylic acids is 2. The van der Waals surface area contributed by atoms with Gasteiger partial charge in [-0.15, -0.1) is 0 Å². The number of carbonyl (C=O) groups is 3. The SMILES string of the molecule is CC(C)(C)c1ccc(C(=O)N[C@H](CCC(=O)O)C(N)=O)cc1. The quantitative estimate of drug-likeness (QED) is 0.738. The summed E-state index contributed by atoms with van der Waals surface area (Å²) in [5.41, 5.74) is 6.64. The molecule has 4 N–H and O–H groups in total. The van der Waals surface area contributed by atoms with Crippen LogP contribution in [0, 0.1) is 0 Å². The molecule has 120 valence electrons. The highest BCUT2D eigenvalue weighted by molar-refractivity contribution is 5.97. The standard InChI is InChI=1S/C16H22N2O4/c1-16(2,3)11-6-4-10(5-7-11)15(22)18-12(14(17)21)8-9-13(19)20/h4-7,12H,8-9H2,1-3H3,(H2,17,21)(H,18,22)(H,19,20)/t12-/m1/s1. The minimum atomic E-state index is -1.05. The van der Waals surface area contributed by atoms with Gasteiger partial charge in [0.05, 0.1) is 0 Å². The van der Waals surface area contributed by atoms with Crippen LogP contribution < -0.4 is 11.1 Å². The normalized spacial score (nSPS) is 12.5. The van der Waals surface area contributed by atoms with Crippen LogP contribution in [0.2, 0.25) is 0 Å². The fraction of sp³-hybridized carbons (Fsp3) is 0.438. The molecule has 0 fully saturated rings. The molecule has 1 aromatic carbocycles. The summed E-state index contributed by atoms with van der Waals surface area (Å²) in [6, 6.07) is 6.05. The molecule has 0 spiro atoms. The molecule has 0 unspecified atom stereocenters. The summed E-state index contributed by atoms with van der Waals surface area (Å²) in [6.07, 6.45) is -0.271. The van der Waals surface area contributed by atoms with Gasteiger partial charge in [0.2, 0.25) is 5.91 Å². The molecule has 0 aliphatic heterocycles. The maximum absolute atomic E-state index is 12.1. The fourth-order valence-electron chi connectivity index (χ4n) is 1.92. The lowest BCUT2D eigenvalue weighted by molar-refractivity contribution is -0.137. The van der Waals surface area contributed by atoms with E-state index in [0.717, 1.165) is 5.56 Å². The number of primary amides is 1. The molecule has 2 amide bonds. The van der Waals surface area contributed by atoms with E-state index < -0.39 is 23.8 Å². The Hall–Kier alpha value is -2.37. The lowest BCUT2D eigenvalue weighted by Crippen LogP contribution is -2.44. The van der Waals surface area contributed by atoms with Crippen molar-refractivity contribution in [3.05, 3.63) is 35.4 Å². The molecule has 0 saturated heterocycles. The van der Waals surface area contributed by atoms with Gasteiger partial charge in [-0.05, 0) is 29.5 Å². The second kappa shape index (κ2) is 7.06. The van der Waals surface area contributed by atoms with E-state index in [1.165, 1.54) is 0 Å². The lowest BCUT2D eigenvalue weighted by atomic mass is 9.86. The number of carboxylic acids is 1. The molecule has 0 aliphatic carbocycles. The topological polar surface area (TPSA) is 109 Å². The summed E-state index contributed by atoms with van der Waals surface area (Å²) >= 11 is 0. The Kier molecular flexibility index (Phi) is 5.68. The highest BCUT2D eigenvalue weighted by atomic mass is 16.4. The van der Waals surface area contributed by atoms with E-state index in [9.17, 15) is 14.4 Å². The monoisotopic (exact) mass is 306 g/mol. The highest BCUT2D eigenvalue weighted by Gasteiger charge is 2.20. The van der Waals surface area contributed by atoms with Crippen LogP contribution >= 0.6 is 0 Å².